The summed E-state index contributed by atoms with van der Waals surface area (Å²) < 4.78 is 17.1. The van der Waals surface area contributed by atoms with E-state index in [1.165, 1.54) is 0 Å². The van der Waals surface area contributed by atoms with Gasteiger partial charge in [0.1, 0.15) is 0 Å². The Morgan fingerprint density at radius 3 is 1.23 bits per heavy atom. The molecule has 0 aliphatic heterocycles. The van der Waals surface area contributed by atoms with Crippen molar-refractivity contribution in [2.75, 3.05) is 20.6 Å². The summed E-state index contributed by atoms with van der Waals surface area (Å²) in [5.74, 6) is -3.78. The summed E-state index contributed by atoms with van der Waals surface area (Å²) in [4.78, 5) is 74.0. The van der Waals surface area contributed by atoms with Crippen molar-refractivity contribution in [1.82, 2.24) is 4.90 Å². The zero-order valence-electron chi connectivity index (χ0n) is 13.0. The predicted octanol–water partition coefficient (Wildman–Crippen LogP) is -5.54. The van der Waals surface area contributed by atoms with Crippen LogP contribution in [0.5, 0.6) is 0 Å². The molecule has 164 valence electrons. The van der Waals surface area contributed by atoms with Crippen molar-refractivity contribution >= 4 is 27.6 Å². The maximum absolute atomic E-state index is 10.4. The van der Waals surface area contributed by atoms with Crippen LogP contribution >= 0.6 is 15.6 Å². The Balaban J connectivity index is -0.0000000652. The molecule has 0 atom stereocenters. The number of carboxylic acids is 2. The van der Waals surface area contributed by atoms with E-state index in [0.29, 0.717) is 13.0 Å². The van der Waals surface area contributed by atoms with Crippen molar-refractivity contribution in [1.29, 1.82) is 0 Å². The van der Waals surface area contributed by atoms with E-state index in [1.807, 2.05) is 19.0 Å². The third-order valence-corrected chi connectivity index (χ3v) is 1.69. The summed E-state index contributed by atoms with van der Waals surface area (Å²) in [5, 5.41) is 17.0. The Hall–Kier alpha value is 1.18. The number of hydrogen-bond acceptors (Lipinski definition) is 11. The van der Waals surface area contributed by atoms with Gasteiger partial charge in [0.2, 0.25) is 0 Å². The Bertz CT molecular complexity index is 403. The molecule has 18 heteroatoms. The Morgan fingerprint density at radius 1 is 0.846 bits per heavy atom. The van der Waals surface area contributed by atoms with Gasteiger partial charge in [-0.3, -0.25) is 9.59 Å². The van der Waals surface area contributed by atoms with E-state index < -0.39 is 33.5 Å². The van der Waals surface area contributed by atoms with Crippen molar-refractivity contribution in [2.24, 2.45) is 5.92 Å². The molecule has 0 aromatic rings. The fourth-order valence-corrected chi connectivity index (χ4v) is 0.964. The largest absolute Gasteiger partial charge is 2.00 e. The fraction of sp³-hybridized carbons (Fsp3) is 0.750. The van der Waals surface area contributed by atoms with Gasteiger partial charge in [-0.15, -0.1) is 0 Å². The van der Waals surface area contributed by atoms with Crippen molar-refractivity contribution in [3.05, 3.63) is 0 Å². The van der Waals surface area contributed by atoms with E-state index in [-0.39, 0.29) is 69.6 Å². The zero-order valence-corrected chi connectivity index (χ0v) is 21.6. The van der Waals surface area contributed by atoms with Crippen LogP contribution in [-0.4, -0.2) is 47.7 Å². The minimum Gasteiger partial charge on any atom is -0.822 e. The average Bonchev–Trinajstić information content (AvgIpc) is 2.17. The third-order valence-electron chi connectivity index (χ3n) is 1.69. The van der Waals surface area contributed by atoms with Gasteiger partial charge < -0.3 is 53.6 Å². The molecule has 0 bridgehead atoms. The van der Waals surface area contributed by atoms with E-state index in [9.17, 15) is 9.59 Å². The number of hydrogen-bond donors (Lipinski definition) is 2. The molecule has 0 aliphatic rings. The maximum Gasteiger partial charge on any atom is 2.00 e. The van der Waals surface area contributed by atoms with Gasteiger partial charge in [0.15, 0.2) is 5.92 Å². The van der Waals surface area contributed by atoms with Gasteiger partial charge >= 0.3 is 75.1 Å². The van der Waals surface area contributed by atoms with Crippen molar-refractivity contribution < 1.29 is 121 Å². The second-order valence-electron chi connectivity index (χ2n) is 4.07. The molecule has 0 heterocycles. The third kappa shape index (κ3) is 63.9. The Labute approximate surface area is 192 Å². The average molecular weight is 964 g/mol. The molecule has 0 aliphatic carbocycles. The normalized spacial score (nSPS) is 9.92. The second kappa shape index (κ2) is 20.9. The van der Waals surface area contributed by atoms with E-state index in [0.717, 1.165) is 0 Å². The van der Waals surface area contributed by atoms with Gasteiger partial charge in [0.25, 0.3) is 0 Å². The van der Waals surface area contributed by atoms with Crippen LogP contribution in [0.1, 0.15) is 12.8 Å². The van der Waals surface area contributed by atoms with Gasteiger partial charge in [0, 0.05) is 0 Å². The van der Waals surface area contributed by atoms with E-state index in [1.54, 1.807) is 0 Å². The number of carbonyl (C=O) groups is 2. The smallest absolute Gasteiger partial charge is 0.822 e. The Morgan fingerprint density at radius 2 is 1.08 bits per heavy atom. The summed E-state index contributed by atoms with van der Waals surface area (Å²) >= 11 is 0. The van der Waals surface area contributed by atoms with Gasteiger partial charge in [0.05, 0.1) is 0 Å². The van der Waals surface area contributed by atoms with Crippen LogP contribution in [-0.2, 0) is 81.9 Å². The molecule has 0 aromatic carbocycles. The number of carboxylic acid groups (broad SMARTS) is 2. The fourth-order valence-electron chi connectivity index (χ4n) is 0.964. The summed E-state index contributed by atoms with van der Waals surface area (Å²) in [5.41, 5.74) is 0. The SMILES string of the molecule is CN(C)CCCC(C(=O)O)C(=O)O.O=P([O-])([O-])[O-].O=P([O-])([O-])[O-].[Pt+2].[Pt+2].[Pt+2]. The van der Waals surface area contributed by atoms with Gasteiger partial charge in [-0.2, -0.15) is 15.6 Å². The molecule has 0 saturated heterocycles. The molecule has 0 fully saturated rings. The van der Waals surface area contributed by atoms with Gasteiger partial charge in [-0.1, -0.05) is 0 Å². The molecule has 0 saturated carbocycles. The summed E-state index contributed by atoms with van der Waals surface area (Å²) in [7, 11) is -7.06. The first kappa shape index (κ1) is 41.5. The van der Waals surface area contributed by atoms with Crippen molar-refractivity contribution in [3.63, 3.8) is 0 Å². The van der Waals surface area contributed by atoms with Gasteiger partial charge in [-0.05, 0) is 33.5 Å². The minimum atomic E-state index is -5.39. The van der Waals surface area contributed by atoms with Crippen LogP contribution in [0.2, 0.25) is 0 Å². The molecule has 2 N–H and O–H groups in total. The van der Waals surface area contributed by atoms with Crippen LogP contribution in [0.25, 0.3) is 0 Å². The van der Waals surface area contributed by atoms with Crippen LogP contribution in [0.4, 0.5) is 0 Å². The molecule has 0 amide bonds. The van der Waals surface area contributed by atoms with E-state index >= 15 is 0 Å². The first-order valence-electron chi connectivity index (χ1n) is 5.51. The molecule has 13 nitrogen and oxygen atoms in total. The quantitative estimate of drug-likeness (QED) is 0.187. The first-order chi connectivity index (χ1) is 9.95. The second-order valence-corrected chi connectivity index (χ2v) is 5.86. The summed E-state index contributed by atoms with van der Waals surface area (Å²) in [6.45, 7) is 0.705. The first-order valence-corrected chi connectivity index (χ1v) is 8.43. The van der Waals surface area contributed by atoms with E-state index in [4.69, 9.17) is 48.7 Å². The molecule has 0 radical (unpaired) electrons. The minimum absolute atomic E-state index is 0. The molecule has 26 heavy (non-hydrogen) atoms. The predicted molar refractivity (Wildman–Crippen MR) is 61.8 cm³/mol. The van der Waals surface area contributed by atoms with E-state index in [2.05, 4.69) is 0 Å². The number of phosphoric acid groups is 2. The molecule has 0 spiro atoms. The topological polar surface area (TPSA) is 250 Å². The summed E-state index contributed by atoms with van der Waals surface area (Å²) in [6.07, 6.45) is 0.763. The number of nitrogens with zero attached hydrogens (tertiary/aromatic N) is 1. The van der Waals surface area contributed by atoms with Crippen molar-refractivity contribution in [3.8, 4) is 0 Å². The molecule has 0 aromatic heterocycles. The number of rotatable bonds is 6. The monoisotopic (exact) mass is 964 g/mol. The van der Waals surface area contributed by atoms with Crippen molar-refractivity contribution in [2.45, 2.75) is 12.8 Å². The molecular formula is C8H15NO12P2Pt3. The van der Waals surface area contributed by atoms with Gasteiger partial charge in [-0.25, -0.2) is 0 Å². The number of aliphatic carboxylic acids is 2. The standard InChI is InChI=1S/C8H15NO4.2H3O4P.3Pt/c1-9(2)5-3-4-6(7(10)11)8(12)13;2*1-5(2,3)4;;;/h6H,3-5H2,1-2H3,(H,10,11)(H,12,13);2*(H3,1,2,3,4);;;/q;;;3*+2/p-6. The summed E-state index contributed by atoms with van der Waals surface area (Å²) in [6, 6.07) is 0. The zero-order chi connectivity index (χ0) is 19.4. The molecule has 0 rings (SSSR count). The van der Waals surface area contributed by atoms with Crippen LogP contribution in [0.3, 0.4) is 0 Å². The van der Waals surface area contributed by atoms with Crippen LogP contribution in [0.15, 0.2) is 0 Å². The maximum atomic E-state index is 10.4. The molecule has 0 unspecified atom stereocenters. The van der Waals surface area contributed by atoms with Crippen LogP contribution < -0.4 is 29.4 Å². The van der Waals surface area contributed by atoms with Crippen LogP contribution in [0, 0.1) is 5.92 Å². The molecular weight excluding hydrogens is 949 g/mol. The Kier molecular flexibility index (Phi) is 33.4.